The first-order valence-electron chi connectivity index (χ1n) is 11.8. The molecule has 0 aliphatic heterocycles. The van der Waals surface area contributed by atoms with E-state index >= 15 is 0 Å². The van der Waals surface area contributed by atoms with Crippen molar-refractivity contribution >= 4 is 46.0 Å². The van der Waals surface area contributed by atoms with E-state index in [1.165, 1.54) is 7.11 Å². The molecule has 1 atom stereocenters. The molecule has 196 valence electrons. The van der Waals surface area contributed by atoms with E-state index in [4.69, 9.17) is 14.6 Å². The number of hydrogen-bond acceptors (Lipinski definition) is 6. The summed E-state index contributed by atoms with van der Waals surface area (Å²) in [5.41, 5.74) is 4.34. The van der Waals surface area contributed by atoms with Crippen molar-refractivity contribution in [3.05, 3.63) is 89.7 Å². The first-order valence-corrected chi connectivity index (χ1v) is 15.8. The molecule has 2 N–H and O–H groups in total. The van der Waals surface area contributed by atoms with Crippen LogP contribution in [0.2, 0.25) is 0 Å². The number of ether oxygens (including phenoxy) is 2. The summed E-state index contributed by atoms with van der Waals surface area (Å²) in [4.78, 5) is 28.4. The van der Waals surface area contributed by atoms with Crippen LogP contribution in [0.3, 0.4) is 0 Å². The Morgan fingerprint density at radius 2 is 1.84 bits per heavy atom. The maximum Gasteiger partial charge on any atom is 0.303 e. The fourth-order valence-corrected chi connectivity index (χ4v) is 5.43. The van der Waals surface area contributed by atoms with E-state index in [1.807, 2.05) is 40.9 Å². The minimum absolute atomic E-state index is 0.0888. The second-order valence-corrected chi connectivity index (χ2v) is 10.2. The Morgan fingerprint density at radius 1 is 1.05 bits per heavy atom. The predicted octanol–water partition coefficient (Wildman–Crippen LogP) is 5.64. The lowest BCUT2D eigenvalue weighted by Crippen LogP contribution is -2.14. The molecule has 1 amide bonds. The molecule has 0 aliphatic carbocycles. The van der Waals surface area contributed by atoms with Gasteiger partial charge in [-0.1, -0.05) is 30.3 Å². The largest absolute Gasteiger partial charge is 0.494 e. The van der Waals surface area contributed by atoms with Crippen molar-refractivity contribution in [3.63, 3.8) is 0 Å². The molecule has 4 rings (SSSR count). The second kappa shape index (κ2) is 13.3. The lowest BCUT2D eigenvalue weighted by atomic mass is 10.0. The second-order valence-electron chi connectivity index (χ2n) is 8.20. The molecule has 4 aromatic rings. The number of nitrogens with one attached hydrogen (secondary N) is 1. The van der Waals surface area contributed by atoms with Crippen LogP contribution >= 0.6 is 28.4 Å². The maximum absolute atomic E-state index is 13.0. The highest BCUT2D eigenvalue weighted by Crippen LogP contribution is 2.31. The molecule has 0 aliphatic rings. The lowest BCUT2D eigenvalue weighted by Gasteiger charge is -2.14. The van der Waals surface area contributed by atoms with Gasteiger partial charge in [0, 0.05) is 25.1 Å². The Labute approximate surface area is 234 Å². The molecule has 0 radical (unpaired) electrons. The van der Waals surface area contributed by atoms with Crippen molar-refractivity contribution in [2.24, 2.45) is 0 Å². The van der Waals surface area contributed by atoms with E-state index in [0.717, 1.165) is 16.8 Å². The molecule has 2 heterocycles. The van der Waals surface area contributed by atoms with Gasteiger partial charge >= 0.3 is 5.97 Å². The van der Waals surface area contributed by atoms with Gasteiger partial charge in [-0.05, 0) is 69.9 Å². The van der Waals surface area contributed by atoms with Crippen molar-refractivity contribution in [2.45, 2.75) is 19.3 Å². The van der Waals surface area contributed by atoms with E-state index in [1.54, 1.807) is 36.5 Å². The van der Waals surface area contributed by atoms with Gasteiger partial charge in [0.1, 0.15) is 17.2 Å². The van der Waals surface area contributed by atoms with Gasteiger partial charge < -0.3 is 19.9 Å². The van der Waals surface area contributed by atoms with Crippen LogP contribution in [0, 0.1) is 0 Å². The standard InChI is InChI=1S/C27H26IN4O5P/c1-36-25-17-20(37-16-14-19-6-3-2-5-18(19)9-12-26(33)34)10-11-22(25)31-27(35)23-8-4-7-21(30-23)24-13-15-29-32(24)38-28/h2-8,10-11,13,15,17,38H,9,12,14,16H2,1H3,(H,31,35)(H,33,34). The van der Waals surface area contributed by atoms with Crippen molar-refractivity contribution < 1.29 is 24.2 Å². The topological polar surface area (TPSA) is 116 Å². The van der Waals surface area contributed by atoms with Crippen LogP contribution in [0.4, 0.5) is 5.69 Å². The third-order valence-corrected chi connectivity index (χ3v) is 7.64. The smallest absolute Gasteiger partial charge is 0.303 e. The summed E-state index contributed by atoms with van der Waals surface area (Å²) in [6, 6.07) is 20.1. The average Bonchev–Trinajstić information content (AvgIpc) is 3.42. The Hall–Kier alpha value is -3.50. The maximum atomic E-state index is 13.0. The number of carboxylic acids is 1. The van der Waals surface area contributed by atoms with Crippen molar-refractivity contribution in [1.82, 2.24) is 14.5 Å². The number of methoxy groups -OCH3 is 1. The van der Waals surface area contributed by atoms with Crippen LogP contribution in [0.5, 0.6) is 11.5 Å². The fourth-order valence-electron chi connectivity index (χ4n) is 3.89. The number of anilines is 1. The molecule has 0 fully saturated rings. The number of hydrogen-bond donors (Lipinski definition) is 2. The van der Waals surface area contributed by atoms with Gasteiger partial charge in [0.2, 0.25) is 0 Å². The number of halogens is 1. The molecule has 0 saturated carbocycles. The number of aliphatic carboxylic acids is 1. The van der Waals surface area contributed by atoms with Gasteiger partial charge in [-0.2, -0.15) is 5.10 Å². The normalized spacial score (nSPS) is 11.0. The van der Waals surface area contributed by atoms with Crippen LogP contribution in [0.15, 0.2) is 72.9 Å². The van der Waals surface area contributed by atoms with Gasteiger partial charge in [-0.3, -0.25) is 9.59 Å². The summed E-state index contributed by atoms with van der Waals surface area (Å²) in [5, 5.41) is 16.1. The summed E-state index contributed by atoms with van der Waals surface area (Å²) >= 11 is 2.25. The lowest BCUT2D eigenvalue weighted by molar-refractivity contribution is -0.136. The summed E-state index contributed by atoms with van der Waals surface area (Å²) in [5.74, 6) is -0.128. The van der Waals surface area contributed by atoms with Crippen LogP contribution < -0.4 is 14.8 Å². The van der Waals surface area contributed by atoms with Crippen LogP contribution in [-0.2, 0) is 17.6 Å². The number of amides is 1. The highest BCUT2D eigenvalue weighted by molar-refractivity contribution is 14.2. The quantitative estimate of drug-likeness (QED) is 0.152. The molecule has 9 nitrogen and oxygen atoms in total. The van der Waals surface area contributed by atoms with E-state index in [9.17, 15) is 9.59 Å². The molecule has 0 bridgehead atoms. The first-order chi connectivity index (χ1) is 18.5. The van der Waals surface area contributed by atoms with Crippen LogP contribution in [0.1, 0.15) is 28.0 Å². The molecule has 0 saturated heterocycles. The number of carboxylic acid groups (broad SMARTS) is 1. The zero-order valence-corrected chi connectivity index (χ0v) is 23.7. The number of carbonyl (C=O) groups excluding carboxylic acids is 1. The van der Waals surface area contributed by atoms with Gasteiger partial charge in [0.25, 0.3) is 5.91 Å². The summed E-state index contributed by atoms with van der Waals surface area (Å²) in [6.45, 7) is 0.407. The Balaban J connectivity index is 1.40. The molecule has 2 aromatic heterocycles. The molecule has 0 spiro atoms. The number of aromatic nitrogens is 3. The molecule has 1 unspecified atom stereocenters. The summed E-state index contributed by atoms with van der Waals surface area (Å²) < 4.78 is 13.3. The third-order valence-electron chi connectivity index (χ3n) is 5.75. The van der Waals surface area contributed by atoms with Gasteiger partial charge in [0.15, 0.2) is 0 Å². The number of aryl methyl sites for hydroxylation is 1. The molecule has 38 heavy (non-hydrogen) atoms. The van der Waals surface area contributed by atoms with Crippen molar-refractivity contribution in [1.29, 1.82) is 0 Å². The van der Waals surface area contributed by atoms with Crippen molar-refractivity contribution in [3.8, 4) is 22.9 Å². The first kappa shape index (κ1) is 27.5. The number of pyridine rings is 1. The Kier molecular flexibility index (Phi) is 9.67. The van der Waals surface area contributed by atoms with Gasteiger partial charge in [-0.15, -0.1) is 0 Å². The summed E-state index contributed by atoms with van der Waals surface area (Å²) in [7, 11) is 1.53. The minimum atomic E-state index is -0.817. The van der Waals surface area contributed by atoms with Crippen molar-refractivity contribution in [2.75, 3.05) is 19.0 Å². The van der Waals surface area contributed by atoms with Crippen LogP contribution in [-0.4, -0.2) is 45.2 Å². The monoisotopic (exact) mass is 644 g/mol. The van der Waals surface area contributed by atoms with E-state index in [-0.39, 0.29) is 18.0 Å². The molecular formula is C27H26IN4O5P. The van der Waals surface area contributed by atoms with E-state index < -0.39 is 5.97 Å². The van der Waals surface area contributed by atoms with Gasteiger partial charge in [0.05, 0.1) is 37.2 Å². The highest BCUT2D eigenvalue weighted by Gasteiger charge is 2.15. The average molecular weight is 644 g/mol. The fraction of sp³-hybridized carbons (Fsp3) is 0.185. The zero-order valence-electron chi connectivity index (χ0n) is 20.6. The Morgan fingerprint density at radius 3 is 2.58 bits per heavy atom. The molecule has 11 heteroatoms. The number of rotatable bonds is 12. The van der Waals surface area contributed by atoms with E-state index in [0.29, 0.717) is 48.7 Å². The zero-order chi connectivity index (χ0) is 26.9. The molecular weight excluding hydrogens is 618 g/mol. The highest BCUT2D eigenvalue weighted by atomic mass is 127. The SMILES string of the molecule is COc1cc(OCCc2ccccc2CCC(=O)O)ccc1NC(=O)c1cccc(-c2ccnn2PI)n1. The van der Waals surface area contributed by atoms with Crippen LogP contribution in [0.25, 0.3) is 11.4 Å². The number of carbonyl (C=O) groups is 2. The number of benzene rings is 2. The number of nitrogens with zero attached hydrogens (tertiary/aromatic N) is 3. The summed E-state index contributed by atoms with van der Waals surface area (Å²) in [6.07, 6.45) is 3.33. The third kappa shape index (κ3) is 7.08. The minimum Gasteiger partial charge on any atom is -0.494 e. The van der Waals surface area contributed by atoms with E-state index in [2.05, 4.69) is 37.4 Å². The predicted molar refractivity (Wildman–Crippen MR) is 156 cm³/mol. The Bertz CT molecular complexity index is 1430. The molecule has 2 aromatic carbocycles. The van der Waals surface area contributed by atoms with Gasteiger partial charge in [-0.25, -0.2) is 9.44 Å².